The van der Waals surface area contributed by atoms with Crippen LogP contribution in [0.15, 0.2) is 53.5 Å². The molecule has 2 aromatic rings. The van der Waals surface area contributed by atoms with Crippen molar-refractivity contribution in [2.24, 2.45) is 4.99 Å². The lowest BCUT2D eigenvalue weighted by Crippen LogP contribution is -2.42. The number of hydrogen-bond donors (Lipinski definition) is 2. The van der Waals surface area contributed by atoms with Gasteiger partial charge in [-0.15, -0.1) is 24.0 Å². The van der Waals surface area contributed by atoms with Gasteiger partial charge in [0.2, 0.25) is 0 Å². The van der Waals surface area contributed by atoms with E-state index in [0.29, 0.717) is 12.1 Å². The van der Waals surface area contributed by atoms with Crippen molar-refractivity contribution in [1.82, 2.24) is 15.5 Å². The number of likely N-dealkylation sites (tertiary alicyclic amines) is 1. The van der Waals surface area contributed by atoms with E-state index in [1.165, 1.54) is 18.4 Å². The zero-order chi connectivity index (χ0) is 20.5. The molecule has 1 aliphatic rings. The van der Waals surface area contributed by atoms with Crippen molar-refractivity contribution in [3.05, 3.63) is 65.2 Å². The molecule has 0 aliphatic carbocycles. The first-order valence-electron chi connectivity index (χ1n) is 10.1. The van der Waals surface area contributed by atoms with Gasteiger partial charge in [-0.2, -0.15) is 5.26 Å². The lowest BCUT2D eigenvalue weighted by molar-refractivity contribution is 0.239. The SMILES string of the molecule is CN=C(NCc1ccc(C#N)cc1)NCC(c1ccccc1OC)N1CCCC1.I. The van der Waals surface area contributed by atoms with E-state index in [2.05, 4.69) is 38.7 Å². The Labute approximate surface area is 196 Å². The molecular formula is C23H30IN5O. The number of nitrogens with one attached hydrogen (secondary N) is 2. The Bertz CT molecular complexity index is 857. The molecule has 0 aromatic heterocycles. The summed E-state index contributed by atoms with van der Waals surface area (Å²) in [6.45, 7) is 3.59. The molecule has 1 fully saturated rings. The molecule has 1 atom stereocenters. The highest BCUT2D eigenvalue weighted by Crippen LogP contribution is 2.31. The van der Waals surface area contributed by atoms with Gasteiger partial charge in [-0.1, -0.05) is 30.3 Å². The first-order valence-corrected chi connectivity index (χ1v) is 10.1. The average Bonchev–Trinajstić information content (AvgIpc) is 3.31. The Hall–Kier alpha value is -2.31. The van der Waals surface area contributed by atoms with Crippen LogP contribution in [0.5, 0.6) is 5.75 Å². The molecule has 2 aromatic carbocycles. The lowest BCUT2D eigenvalue weighted by Gasteiger charge is -2.30. The number of aliphatic imine (C=N–C) groups is 1. The number of methoxy groups -OCH3 is 1. The number of rotatable bonds is 7. The minimum atomic E-state index is 0. The van der Waals surface area contributed by atoms with E-state index in [4.69, 9.17) is 10.00 Å². The minimum absolute atomic E-state index is 0. The summed E-state index contributed by atoms with van der Waals surface area (Å²) in [5.41, 5.74) is 2.97. The van der Waals surface area contributed by atoms with Crippen LogP contribution in [0.3, 0.4) is 0 Å². The molecule has 0 saturated carbocycles. The van der Waals surface area contributed by atoms with Crippen molar-refractivity contribution in [3.63, 3.8) is 0 Å². The number of ether oxygens (including phenoxy) is 1. The van der Waals surface area contributed by atoms with E-state index in [1.807, 2.05) is 36.4 Å². The number of guanidine groups is 1. The Morgan fingerprint density at radius 1 is 1.13 bits per heavy atom. The van der Waals surface area contributed by atoms with Crippen molar-refractivity contribution < 1.29 is 4.74 Å². The van der Waals surface area contributed by atoms with Gasteiger partial charge in [-0.05, 0) is 49.7 Å². The molecule has 7 heteroatoms. The summed E-state index contributed by atoms with van der Waals surface area (Å²) in [5, 5.41) is 15.8. The van der Waals surface area contributed by atoms with Crippen LogP contribution >= 0.6 is 24.0 Å². The molecule has 0 amide bonds. The number of halogens is 1. The summed E-state index contributed by atoms with van der Waals surface area (Å²) in [5.74, 6) is 1.68. The molecular weight excluding hydrogens is 489 g/mol. The van der Waals surface area contributed by atoms with Gasteiger partial charge < -0.3 is 15.4 Å². The number of para-hydroxylation sites is 1. The summed E-state index contributed by atoms with van der Waals surface area (Å²) < 4.78 is 5.62. The van der Waals surface area contributed by atoms with E-state index in [1.54, 1.807) is 14.2 Å². The minimum Gasteiger partial charge on any atom is -0.496 e. The standard InChI is InChI=1S/C23H29N5O.HI/c1-25-23(26-16-19-11-9-18(15-24)10-12-19)27-17-21(28-13-5-6-14-28)20-7-3-4-8-22(20)29-2;/h3-4,7-12,21H,5-6,13-14,16-17H2,1-2H3,(H2,25,26,27);1H. The second-order valence-corrected chi connectivity index (χ2v) is 7.12. The molecule has 0 bridgehead atoms. The van der Waals surface area contributed by atoms with Crippen LogP contribution in [0, 0.1) is 11.3 Å². The molecule has 3 rings (SSSR count). The van der Waals surface area contributed by atoms with Gasteiger partial charge in [0, 0.05) is 25.7 Å². The maximum Gasteiger partial charge on any atom is 0.191 e. The van der Waals surface area contributed by atoms with Crippen molar-refractivity contribution >= 4 is 29.9 Å². The Morgan fingerprint density at radius 3 is 2.47 bits per heavy atom. The summed E-state index contributed by atoms with van der Waals surface area (Å²) >= 11 is 0. The predicted molar refractivity (Wildman–Crippen MR) is 131 cm³/mol. The number of nitriles is 1. The van der Waals surface area contributed by atoms with Gasteiger partial charge >= 0.3 is 0 Å². The third-order valence-electron chi connectivity index (χ3n) is 5.31. The fourth-order valence-corrected chi connectivity index (χ4v) is 3.73. The Balaban J connectivity index is 0.00000320. The molecule has 160 valence electrons. The van der Waals surface area contributed by atoms with Crippen LogP contribution in [0.4, 0.5) is 0 Å². The van der Waals surface area contributed by atoms with Crippen LogP contribution in [0.25, 0.3) is 0 Å². The summed E-state index contributed by atoms with van der Waals surface area (Å²) in [6.07, 6.45) is 2.47. The van der Waals surface area contributed by atoms with E-state index >= 15 is 0 Å². The Morgan fingerprint density at radius 2 is 1.83 bits per heavy atom. The van der Waals surface area contributed by atoms with Crippen molar-refractivity contribution in [2.75, 3.05) is 33.8 Å². The third kappa shape index (κ3) is 6.34. The quantitative estimate of drug-likeness (QED) is 0.332. The van der Waals surface area contributed by atoms with Crippen molar-refractivity contribution in [3.8, 4) is 11.8 Å². The molecule has 30 heavy (non-hydrogen) atoms. The normalized spacial score (nSPS) is 15.0. The van der Waals surface area contributed by atoms with Gasteiger partial charge in [-0.3, -0.25) is 9.89 Å². The molecule has 2 N–H and O–H groups in total. The summed E-state index contributed by atoms with van der Waals surface area (Å²) in [4.78, 5) is 6.88. The molecule has 1 saturated heterocycles. The van der Waals surface area contributed by atoms with E-state index < -0.39 is 0 Å². The molecule has 6 nitrogen and oxygen atoms in total. The maximum atomic E-state index is 8.92. The highest BCUT2D eigenvalue weighted by Gasteiger charge is 2.25. The van der Waals surface area contributed by atoms with Gasteiger partial charge in [0.05, 0.1) is 24.8 Å². The molecule has 1 aliphatic heterocycles. The summed E-state index contributed by atoms with van der Waals surface area (Å²) in [6, 6.07) is 18.2. The van der Waals surface area contributed by atoms with E-state index in [0.717, 1.165) is 36.9 Å². The van der Waals surface area contributed by atoms with Gasteiger partial charge in [0.1, 0.15) is 5.75 Å². The number of benzene rings is 2. The number of nitrogens with zero attached hydrogens (tertiary/aromatic N) is 3. The maximum absolute atomic E-state index is 8.92. The van der Waals surface area contributed by atoms with Crippen molar-refractivity contribution in [1.29, 1.82) is 5.26 Å². The van der Waals surface area contributed by atoms with Crippen LogP contribution in [-0.4, -0.2) is 44.7 Å². The number of hydrogen-bond acceptors (Lipinski definition) is 4. The second-order valence-electron chi connectivity index (χ2n) is 7.12. The Kier molecular flexibility index (Phi) is 9.91. The van der Waals surface area contributed by atoms with Crippen LogP contribution in [0.1, 0.15) is 35.6 Å². The fraction of sp³-hybridized carbons (Fsp3) is 0.391. The van der Waals surface area contributed by atoms with Gasteiger partial charge in [0.25, 0.3) is 0 Å². The smallest absolute Gasteiger partial charge is 0.191 e. The summed E-state index contributed by atoms with van der Waals surface area (Å²) in [7, 11) is 3.51. The van der Waals surface area contributed by atoms with Crippen LogP contribution in [-0.2, 0) is 6.54 Å². The largest absolute Gasteiger partial charge is 0.496 e. The monoisotopic (exact) mass is 519 g/mol. The predicted octanol–water partition coefficient (Wildman–Crippen LogP) is 3.69. The second kappa shape index (κ2) is 12.4. The molecule has 0 spiro atoms. The highest BCUT2D eigenvalue weighted by atomic mass is 127. The first-order chi connectivity index (χ1) is 14.2. The highest BCUT2D eigenvalue weighted by molar-refractivity contribution is 14.0. The molecule has 0 radical (unpaired) electrons. The van der Waals surface area contributed by atoms with E-state index in [-0.39, 0.29) is 30.0 Å². The van der Waals surface area contributed by atoms with Crippen molar-refractivity contribution in [2.45, 2.75) is 25.4 Å². The molecule has 1 heterocycles. The van der Waals surface area contributed by atoms with Crippen LogP contribution < -0.4 is 15.4 Å². The van der Waals surface area contributed by atoms with Crippen LogP contribution in [0.2, 0.25) is 0 Å². The van der Waals surface area contributed by atoms with Gasteiger partial charge in [-0.25, -0.2) is 0 Å². The first kappa shape index (κ1) is 24.0. The molecule has 1 unspecified atom stereocenters. The average molecular weight is 519 g/mol. The topological polar surface area (TPSA) is 72.7 Å². The fourth-order valence-electron chi connectivity index (χ4n) is 3.73. The lowest BCUT2D eigenvalue weighted by atomic mass is 10.0. The zero-order valence-electron chi connectivity index (χ0n) is 17.6. The van der Waals surface area contributed by atoms with E-state index in [9.17, 15) is 0 Å². The third-order valence-corrected chi connectivity index (χ3v) is 5.31. The zero-order valence-corrected chi connectivity index (χ0v) is 19.9. The van der Waals surface area contributed by atoms with Gasteiger partial charge in [0.15, 0.2) is 5.96 Å².